The van der Waals surface area contributed by atoms with Crippen molar-refractivity contribution in [2.24, 2.45) is 0 Å². The molecule has 3 rings (SSSR count). The molecule has 0 saturated heterocycles. The maximum Gasteiger partial charge on any atom is 0.252 e. The molecule has 0 aliphatic carbocycles. The minimum atomic E-state index is -0.181. The molecule has 0 saturated carbocycles. The van der Waals surface area contributed by atoms with E-state index in [4.69, 9.17) is 0 Å². The third-order valence-electron chi connectivity index (χ3n) is 3.91. The number of nitrogens with one attached hydrogen (secondary N) is 2. The van der Waals surface area contributed by atoms with Gasteiger partial charge in [0.2, 0.25) is 5.95 Å². The molecular weight excluding hydrogens is 330 g/mol. The molecule has 0 aliphatic rings. The minimum absolute atomic E-state index is 0.181. The van der Waals surface area contributed by atoms with Crippen LogP contribution in [0.2, 0.25) is 0 Å². The fourth-order valence-electron chi connectivity index (χ4n) is 2.72. The number of hydrogen-bond acceptors (Lipinski definition) is 6. The third-order valence-corrected chi connectivity index (χ3v) is 3.91. The molecule has 0 bridgehead atoms. The van der Waals surface area contributed by atoms with Gasteiger partial charge in [-0.3, -0.25) is 4.79 Å². The number of rotatable bonds is 5. The Bertz CT molecular complexity index is 916. The maximum absolute atomic E-state index is 11.6. The van der Waals surface area contributed by atoms with Crippen LogP contribution in [0.15, 0.2) is 36.8 Å². The third kappa shape index (κ3) is 3.53. The van der Waals surface area contributed by atoms with E-state index in [1.54, 1.807) is 25.4 Å². The molecule has 3 aromatic rings. The van der Waals surface area contributed by atoms with Crippen molar-refractivity contribution in [3.8, 4) is 11.4 Å². The Morgan fingerprint density at radius 1 is 1.12 bits per heavy atom. The van der Waals surface area contributed by atoms with Crippen LogP contribution in [0.5, 0.6) is 0 Å². The monoisotopic (exact) mass is 351 g/mol. The first-order valence-electron chi connectivity index (χ1n) is 8.32. The van der Waals surface area contributed by atoms with E-state index >= 15 is 0 Å². The van der Waals surface area contributed by atoms with Crippen molar-refractivity contribution in [1.29, 1.82) is 0 Å². The standard InChI is InChI=1S/C18H21N7O/c1-11(2)25-12(3)21-10-15(25)14-7-8-20-18(23-14)24-16-6-5-13(9-22-16)17(26)19-4/h5-11H,1-4H3,(H,19,26)(H,20,22,23,24). The molecule has 1 amide bonds. The van der Waals surface area contributed by atoms with Gasteiger partial charge in [-0.2, -0.15) is 0 Å². The Labute approximate surface area is 151 Å². The average molecular weight is 351 g/mol. The van der Waals surface area contributed by atoms with Crippen molar-refractivity contribution in [3.63, 3.8) is 0 Å². The first-order valence-corrected chi connectivity index (χ1v) is 8.32. The highest BCUT2D eigenvalue weighted by Crippen LogP contribution is 2.23. The zero-order valence-corrected chi connectivity index (χ0v) is 15.2. The molecule has 0 radical (unpaired) electrons. The quantitative estimate of drug-likeness (QED) is 0.733. The highest BCUT2D eigenvalue weighted by atomic mass is 16.1. The van der Waals surface area contributed by atoms with Gasteiger partial charge in [0.05, 0.1) is 23.1 Å². The Balaban J connectivity index is 1.85. The first-order chi connectivity index (χ1) is 12.5. The highest BCUT2D eigenvalue weighted by molar-refractivity contribution is 5.93. The predicted octanol–water partition coefficient (Wildman–Crippen LogP) is 2.73. The number of nitrogens with zero attached hydrogens (tertiary/aromatic N) is 5. The van der Waals surface area contributed by atoms with Gasteiger partial charge < -0.3 is 15.2 Å². The summed E-state index contributed by atoms with van der Waals surface area (Å²) >= 11 is 0. The van der Waals surface area contributed by atoms with E-state index in [1.165, 1.54) is 6.20 Å². The number of carbonyl (C=O) groups is 1. The molecule has 26 heavy (non-hydrogen) atoms. The van der Waals surface area contributed by atoms with E-state index < -0.39 is 0 Å². The Morgan fingerprint density at radius 3 is 2.58 bits per heavy atom. The molecule has 134 valence electrons. The number of aromatic nitrogens is 5. The van der Waals surface area contributed by atoms with E-state index in [9.17, 15) is 4.79 Å². The molecule has 8 nitrogen and oxygen atoms in total. The van der Waals surface area contributed by atoms with Gasteiger partial charge in [-0.25, -0.2) is 19.9 Å². The molecule has 0 aromatic carbocycles. The molecule has 8 heteroatoms. The van der Waals surface area contributed by atoms with Crippen LogP contribution in [0.4, 0.5) is 11.8 Å². The SMILES string of the molecule is CNC(=O)c1ccc(Nc2nccc(-c3cnc(C)n3C(C)C)n2)nc1. The van der Waals surface area contributed by atoms with Crippen molar-refractivity contribution < 1.29 is 4.79 Å². The van der Waals surface area contributed by atoms with Crippen molar-refractivity contribution in [2.75, 3.05) is 12.4 Å². The van der Waals surface area contributed by atoms with Crippen molar-refractivity contribution in [1.82, 2.24) is 29.8 Å². The van der Waals surface area contributed by atoms with Crippen LogP contribution < -0.4 is 10.6 Å². The van der Waals surface area contributed by atoms with Crippen LogP contribution in [-0.4, -0.2) is 37.5 Å². The number of anilines is 2. The summed E-state index contributed by atoms with van der Waals surface area (Å²) in [7, 11) is 1.58. The summed E-state index contributed by atoms with van der Waals surface area (Å²) in [6.45, 7) is 6.19. The summed E-state index contributed by atoms with van der Waals surface area (Å²) in [5.74, 6) is 1.74. The lowest BCUT2D eigenvalue weighted by Crippen LogP contribution is -2.17. The predicted molar refractivity (Wildman–Crippen MR) is 99.3 cm³/mol. The summed E-state index contributed by atoms with van der Waals surface area (Å²) in [6, 6.07) is 5.53. The van der Waals surface area contributed by atoms with Crippen molar-refractivity contribution in [3.05, 3.63) is 48.2 Å². The fraction of sp³-hybridized carbons (Fsp3) is 0.278. The van der Waals surface area contributed by atoms with E-state index in [0.717, 1.165) is 17.2 Å². The number of hydrogen-bond donors (Lipinski definition) is 2. The van der Waals surface area contributed by atoms with Gasteiger partial charge in [0.1, 0.15) is 11.6 Å². The van der Waals surface area contributed by atoms with Gasteiger partial charge >= 0.3 is 0 Å². The largest absolute Gasteiger partial charge is 0.355 e. The smallest absolute Gasteiger partial charge is 0.252 e. The number of carbonyl (C=O) groups excluding carboxylic acids is 1. The van der Waals surface area contributed by atoms with Crippen molar-refractivity contribution in [2.45, 2.75) is 26.8 Å². The van der Waals surface area contributed by atoms with Crippen LogP contribution in [0.3, 0.4) is 0 Å². The van der Waals surface area contributed by atoms with Crippen LogP contribution >= 0.6 is 0 Å². The van der Waals surface area contributed by atoms with Crippen LogP contribution in [-0.2, 0) is 0 Å². The molecule has 2 N–H and O–H groups in total. The van der Waals surface area contributed by atoms with Crippen molar-refractivity contribution >= 4 is 17.7 Å². The second kappa shape index (κ2) is 7.30. The summed E-state index contributed by atoms with van der Waals surface area (Å²) in [4.78, 5) is 29.0. The topological polar surface area (TPSA) is 97.6 Å². The zero-order valence-electron chi connectivity index (χ0n) is 15.2. The van der Waals surface area contributed by atoms with E-state index in [1.807, 2.05) is 19.2 Å². The summed E-state index contributed by atoms with van der Waals surface area (Å²) < 4.78 is 2.13. The fourth-order valence-corrected chi connectivity index (χ4v) is 2.72. The highest BCUT2D eigenvalue weighted by Gasteiger charge is 2.13. The van der Waals surface area contributed by atoms with Gasteiger partial charge in [0, 0.05) is 25.5 Å². The second-order valence-electron chi connectivity index (χ2n) is 6.06. The van der Waals surface area contributed by atoms with Gasteiger partial charge in [0.15, 0.2) is 0 Å². The Kier molecular flexibility index (Phi) is 4.92. The molecule has 3 heterocycles. The lowest BCUT2D eigenvalue weighted by Gasteiger charge is -2.14. The molecule has 0 unspecified atom stereocenters. The number of amides is 1. The number of imidazole rings is 1. The Hall–Kier alpha value is -3.29. The average Bonchev–Trinajstić information content (AvgIpc) is 3.04. The minimum Gasteiger partial charge on any atom is -0.355 e. The van der Waals surface area contributed by atoms with Crippen LogP contribution in [0, 0.1) is 6.92 Å². The van der Waals surface area contributed by atoms with Gasteiger partial charge in [-0.15, -0.1) is 0 Å². The molecule has 0 spiro atoms. The van der Waals surface area contributed by atoms with E-state index in [2.05, 4.69) is 49.0 Å². The van der Waals surface area contributed by atoms with Crippen LogP contribution in [0.1, 0.15) is 36.1 Å². The Morgan fingerprint density at radius 2 is 1.92 bits per heavy atom. The zero-order chi connectivity index (χ0) is 18.7. The van der Waals surface area contributed by atoms with Gasteiger partial charge in [-0.1, -0.05) is 0 Å². The lowest BCUT2D eigenvalue weighted by atomic mass is 10.2. The first kappa shape index (κ1) is 17.5. The molecule has 0 atom stereocenters. The number of pyridine rings is 1. The maximum atomic E-state index is 11.6. The summed E-state index contributed by atoms with van der Waals surface area (Å²) in [5.41, 5.74) is 2.20. The van der Waals surface area contributed by atoms with E-state index in [-0.39, 0.29) is 11.9 Å². The second-order valence-corrected chi connectivity index (χ2v) is 6.06. The summed E-state index contributed by atoms with van der Waals surface area (Å²) in [6.07, 6.45) is 5.01. The molecular formula is C18H21N7O. The lowest BCUT2D eigenvalue weighted by molar-refractivity contribution is 0.0963. The van der Waals surface area contributed by atoms with Crippen LogP contribution in [0.25, 0.3) is 11.4 Å². The van der Waals surface area contributed by atoms with E-state index in [0.29, 0.717) is 17.3 Å². The molecule has 3 aromatic heterocycles. The molecule has 0 fully saturated rings. The summed E-state index contributed by atoms with van der Waals surface area (Å²) in [5, 5.41) is 5.62. The number of aryl methyl sites for hydroxylation is 1. The normalized spacial score (nSPS) is 10.8. The van der Waals surface area contributed by atoms with Gasteiger partial charge in [-0.05, 0) is 39.0 Å². The van der Waals surface area contributed by atoms with Gasteiger partial charge in [0.25, 0.3) is 5.91 Å². The molecule has 0 aliphatic heterocycles.